The maximum absolute atomic E-state index is 11.0. The van der Waals surface area contributed by atoms with Crippen LogP contribution in [0, 0.1) is 5.92 Å². The Kier molecular flexibility index (Phi) is 6.43. The van der Waals surface area contributed by atoms with Gasteiger partial charge in [-0.3, -0.25) is 0 Å². The smallest absolute Gasteiger partial charge is 0.409 e. The van der Waals surface area contributed by atoms with Gasteiger partial charge in [0.1, 0.15) is 6.29 Å². The molecule has 1 aromatic rings. The number of piperidine rings is 1. The summed E-state index contributed by atoms with van der Waals surface area (Å²) >= 11 is 0. The van der Waals surface area contributed by atoms with Crippen molar-refractivity contribution in [1.82, 2.24) is 4.90 Å². The van der Waals surface area contributed by atoms with Crippen molar-refractivity contribution in [2.24, 2.45) is 5.92 Å². The lowest BCUT2D eigenvalue weighted by Gasteiger charge is -2.28. The van der Waals surface area contributed by atoms with Crippen molar-refractivity contribution < 1.29 is 14.3 Å². The molecule has 1 aliphatic heterocycles. The molecule has 0 bridgehead atoms. The van der Waals surface area contributed by atoms with Crippen LogP contribution in [0.15, 0.2) is 30.3 Å². The van der Waals surface area contributed by atoms with Crippen LogP contribution in [-0.4, -0.2) is 37.5 Å². The standard InChI is InChI=1S/C8H13NO3.C6H7N/c1-12-8(11)9-4-2-3-7(5-9)6-10;7-6-4-2-1-3-5-6/h6-7H,2-5H2,1H3;1-5H,7H2. The first-order valence-electron chi connectivity index (χ1n) is 6.26. The number of carbonyl (C=O) groups excluding carboxylic acids is 2. The van der Waals surface area contributed by atoms with Crippen molar-refractivity contribution in [2.75, 3.05) is 25.9 Å². The number of methoxy groups -OCH3 is 1. The maximum Gasteiger partial charge on any atom is 0.409 e. The number of benzene rings is 1. The van der Waals surface area contributed by atoms with E-state index in [0.717, 1.165) is 24.8 Å². The van der Waals surface area contributed by atoms with Crippen LogP contribution in [0.25, 0.3) is 0 Å². The number of hydrogen-bond donors (Lipinski definition) is 1. The molecule has 1 heterocycles. The first kappa shape index (κ1) is 15.0. The Morgan fingerprint density at radius 3 is 2.58 bits per heavy atom. The molecule has 1 aromatic carbocycles. The summed E-state index contributed by atoms with van der Waals surface area (Å²) in [6, 6.07) is 9.49. The fourth-order valence-corrected chi connectivity index (χ4v) is 1.87. The molecule has 1 fully saturated rings. The summed E-state index contributed by atoms with van der Waals surface area (Å²) in [5, 5.41) is 0. The summed E-state index contributed by atoms with van der Waals surface area (Å²) in [6.45, 7) is 1.22. The van der Waals surface area contributed by atoms with Crippen molar-refractivity contribution in [3.8, 4) is 0 Å². The minimum absolute atomic E-state index is 0.00199. The third-order valence-electron chi connectivity index (χ3n) is 2.88. The summed E-state index contributed by atoms with van der Waals surface area (Å²) in [7, 11) is 1.35. The number of ether oxygens (including phenoxy) is 1. The van der Waals surface area contributed by atoms with Gasteiger partial charge in [-0.1, -0.05) is 18.2 Å². The molecule has 1 atom stereocenters. The second kappa shape index (κ2) is 8.13. The Hall–Kier alpha value is -2.04. The maximum atomic E-state index is 11.0. The largest absolute Gasteiger partial charge is 0.453 e. The molecule has 2 rings (SSSR count). The molecule has 5 heteroatoms. The molecule has 0 aliphatic carbocycles. The van der Waals surface area contributed by atoms with Gasteiger partial charge in [0.2, 0.25) is 0 Å². The van der Waals surface area contributed by atoms with Crippen molar-refractivity contribution in [3.63, 3.8) is 0 Å². The number of anilines is 1. The van der Waals surface area contributed by atoms with E-state index in [1.165, 1.54) is 7.11 Å². The van der Waals surface area contributed by atoms with Crippen LogP contribution in [0.2, 0.25) is 0 Å². The predicted octanol–water partition coefficient (Wildman–Crippen LogP) is 1.93. The highest BCUT2D eigenvalue weighted by molar-refractivity contribution is 5.68. The van der Waals surface area contributed by atoms with Gasteiger partial charge in [0.25, 0.3) is 0 Å². The van der Waals surface area contributed by atoms with Crippen LogP contribution < -0.4 is 5.73 Å². The molecule has 0 saturated carbocycles. The molecule has 2 N–H and O–H groups in total. The number of nitrogen functional groups attached to an aromatic ring is 1. The van der Waals surface area contributed by atoms with Gasteiger partial charge < -0.3 is 20.2 Å². The highest BCUT2D eigenvalue weighted by atomic mass is 16.5. The van der Waals surface area contributed by atoms with E-state index in [1.54, 1.807) is 4.90 Å². The highest BCUT2D eigenvalue weighted by Gasteiger charge is 2.23. The molecule has 1 amide bonds. The number of rotatable bonds is 1. The summed E-state index contributed by atoms with van der Waals surface area (Å²) in [5.74, 6) is -0.00199. The van der Waals surface area contributed by atoms with Crippen molar-refractivity contribution >= 4 is 18.1 Å². The van der Waals surface area contributed by atoms with Crippen LogP contribution in [0.4, 0.5) is 10.5 Å². The Labute approximate surface area is 113 Å². The molecule has 0 aromatic heterocycles. The third kappa shape index (κ3) is 5.42. The van der Waals surface area contributed by atoms with Crippen LogP contribution in [0.3, 0.4) is 0 Å². The van der Waals surface area contributed by atoms with Gasteiger partial charge in [-0.25, -0.2) is 4.79 Å². The summed E-state index contributed by atoms with van der Waals surface area (Å²) in [5.41, 5.74) is 6.18. The number of aldehydes is 1. The fraction of sp³-hybridized carbons (Fsp3) is 0.429. The fourth-order valence-electron chi connectivity index (χ4n) is 1.87. The summed E-state index contributed by atoms with van der Waals surface area (Å²) < 4.78 is 4.55. The minimum Gasteiger partial charge on any atom is -0.453 e. The zero-order valence-corrected chi connectivity index (χ0v) is 11.1. The topological polar surface area (TPSA) is 72.6 Å². The quantitative estimate of drug-likeness (QED) is 0.621. The number of carbonyl (C=O) groups is 2. The zero-order valence-electron chi connectivity index (χ0n) is 11.1. The number of hydrogen-bond acceptors (Lipinski definition) is 4. The SMILES string of the molecule is COC(=O)N1CCCC(C=O)C1.Nc1ccccc1. The van der Waals surface area contributed by atoms with E-state index in [-0.39, 0.29) is 12.0 Å². The summed E-state index contributed by atoms with van der Waals surface area (Å²) in [6.07, 6.45) is 2.35. The second-order valence-electron chi connectivity index (χ2n) is 4.37. The van der Waals surface area contributed by atoms with Gasteiger partial charge in [-0.15, -0.1) is 0 Å². The molecule has 1 saturated heterocycles. The van der Waals surface area contributed by atoms with E-state index in [9.17, 15) is 9.59 Å². The molecular weight excluding hydrogens is 244 g/mol. The summed E-state index contributed by atoms with van der Waals surface area (Å²) in [4.78, 5) is 23.0. The van der Waals surface area contributed by atoms with Gasteiger partial charge in [-0.05, 0) is 25.0 Å². The van der Waals surface area contributed by atoms with Gasteiger partial charge in [-0.2, -0.15) is 0 Å². The van der Waals surface area contributed by atoms with Crippen LogP contribution >= 0.6 is 0 Å². The van der Waals surface area contributed by atoms with E-state index >= 15 is 0 Å². The Morgan fingerprint density at radius 2 is 2.11 bits per heavy atom. The normalized spacial score (nSPS) is 17.9. The average molecular weight is 264 g/mol. The Morgan fingerprint density at radius 1 is 1.42 bits per heavy atom. The van der Waals surface area contributed by atoms with E-state index in [2.05, 4.69) is 4.74 Å². The Balaban J connectivity index is 0.000000218. The predicted molar refractivity (Wildman–Crippen MR) is 73.6 cm³/mol. The number of nitrogens with two attached hydrogens (primary N) is 1. The van der Waals surface area contributed by atoms with Gasteiger partial charge >= 0.3 is 6.09 Å². The van der Waals surface area contributed by atoms with Gasteiger partial charge in [0.05, 0.1) is 7.11 Å². The first-order chi connectivity index (χ1) is 9.17. The number of likely N-dealkylation sites (tertiary alicyclic amines) is 1. The zero-order chi connectivity index (χ0) is 14.1. The number of amides is 1. The highest BCUT2D eigenvalue weighted by Crippen LogP contribution is 2.14. The van der Waals surface area contributed by atoms with Crippen molar-refractivity contribution in [2.45, 2.75) is 12.8 Å². The third-order valence-corrected chi connectivity index (χ3v) is 2.88. The van der Waals surface area contributed by atoms with Crippen LogP contribution in [-0.2, 0) is 9.53 Å². The molecule has 0 radical (unpaired) electrons. The van der Waals surface area contributed by atoms with E-state index in [1.807, 2.05) is 30.3 Å². The molecule has 19 heavy (non-hydrogen) atoms. The molecule has 1 aliphatic rings. The van der Waals surface area contributed by atoms with Crippen LogP contribution in [0.5, 0.6) is 0 Å². The van der Waals surface area contributed by atoms with Crippen molar-refractivity contribution in [3.05, 3.63) is 30.3 Å². The van der Waals surface area contributed by atoms with E-state index < -0.39 is 0 Å². The number of nitrogens with zero attached hydrogens (tertiary/aromatic N) is 1. The Bertz CT molecular complexity index is 395. The van der Waals surface area contributed by atoms with Gasteiger partial charge in [0, 0.05) is 24.7 Å². The molecule has 1 unspecified atom stereocenters. The van der Waals surface area contributed by atoms with E-state index in [0.29, 0.717) is 13.1 Å². The average Bonchev–Trinajstić information content (AvgIpc) is 2.48. The lowest BCUT2D eigenvalue weighted by atomic mass is 10.0. The van der Waals surface area contributed by atoms with Crippen LogP contribution in [0.1, 0.15) is 12.8 Å². The lowest BCUT2D eigenvalue weighted by molar-refractivity contribution is -0.112. The first-order valence-corrected chi connectivity index (χ1v) is 6.26. The minimum atomic E-state index is -0.332. The molecule has 5 nitrogen and oxygen atoms in total. The lowest BCUT2D eigenvalue weighted by Crippen LogP contribution is -2.40. The van der Waals surface area contributed by atoms with Crippen molar-refractivity contribution in [1.29, 1.82) is 0 Å². The molecule has 0 spiro atoms. The number of para-hydroxylation sites is 1. The van der Waals surface area contributed by atoms with E-state index in [4.69, 9.17) is 5.73 Å². The molecular formula is C14H20N2O3. The monoisotopic (exact) mass is 264 g/mol. The molecule has 104 valence electrons. The second-order valence-corrected chi connectivity index (χ2v) is 4.37. The van der Waals surface area contributed by atoms with Gasteiger partial charge in [0.15, 0.2) is 0 Å².